The summed E-state index contributed by atoms with van der Waals surface area (Å²) in [5.74, 6) is 0.260. The first kappa shape index (κ1) is 23.6. The minimum absolute atomic E-state index is 0.0911. The Kier molecular flexibility index (Phi) is 7.44. The number of nitro benzene ring substituents is 1. The highest BCUT2D eigenvalue weighted by Crippen LogP contribution is 2.32. The molecule has 32 heavy (non-hydrogen) atoms. The van der Waals surface area contributed by atoms with Crippen molar-refractivity contribution >= 4 is 21.5 Å². The number of ketones is 1. The van der Waals surface area contributed by atoms with E-state index in [1.807, 2.05) is 6.92 Å². The molecular weight excluding hydrogens is 440 g/mol. The third-order valence-corrected chi connectivity index (χ3v) is 6.78. The average Bonchev–Trinajstić information content (AvgIpc) is 2.78. The van der Waals surface area contributed by atoms with E-state index in [0.29, 0.717) is 23.5 Å². The van der Waals surface area contributed by atoms with Crippen LogP contribution in [0.25, 0.3) is 0 Å². The lowest BCUT2D eigenvalue weighted by Gasteiger charge is -2.26. The Morgan fingerprint density at radius 3 is 2.44 bits per heavy atom. The van der Waals surface area contributed by atoms with E-state index in [9.17, 15) is 23.3 Å². The fourth-order valence-electron chi connectivity index (χ4n) is 3.22. The molecule has 2 aromatic carbocycles. The van der Waals surface area contributed by atoms with Crippen molar-refractivity contribution in [1.82, 2.24) is 4.31 Å². The van der Waals surface area contributed by atoms with Crippen molar-refractivity contribution in [3.63, 3.8) is 0 Å². The van der Waals surface area contributed by atoms with Gasteiger partial charge in [0.25, 0.3) is 0 Å². The van der Waals surface area contributed by atoms with E-state index >= 15 is 0 Å². The van der Waals surface area contributed by atoms with Crippen molar-refractivity contribution in [3.8, 4) is 11.5 Å². The number of sulfonamides is 1. The zero-order valence-electron chi connectivity index (χ0n) is 17.8. The summed E-state index contributed by atoms with van der Waals surface area (Å²) in [7, 11) is -3.90. The summed E-state index contributed by atoms with van der Waals surface area (Å²) in [6.45, 7) is 4.42. The number of nitrogens with zero attached hydrogens (tertiary/aromatic N) is 2. The van der Waals surface area contributed by atoms with Crippen LogP contribution in [0.5, 0.6) is 11.5 Å². The predicted molar refractivity (Wildman–Crippen MR) is 115 cm³/mol. The van der Waals surface area contributed by atoms with Crippen LogP contribution in [0.1, 0.15) is 29.8 Å². The molecule has 0 aromatic heterocycles. The number of hydrogen-bond acceptors (Lipinski definition) is 8. The Labute approximate surface area is 185 Å². The summed E-state index contributed by atoms with van der Waals surface area (Å²) in [4.78, 5) is 22.5. The maximum atomic E-state index is 12.8. The van der Waals surface area contributed by atoms with E-state index in [1.54, 1.807) is 18.2 Å². The predicted octanol–water partition coefficient (Wildman–Crippen LogP) is 2.80. The quantitative estimate of drug-likeness (QED) is 0.315. The number of benzene rings is 2. The van der Waals surface area contributed by atoms with Gasteiger partial charge in [0.15, 0.2) is 11.5 Å². The van der Waals surface area contributed by atoms with E-state index < -0.39 is 20.6 Å². The molecule has 0 bridgehead atoms. The molecule has 2 aromatic rings. The fraction of sp³-hybridized carbons (Fsp3) is 0.381. The molecule has 0 spiro atoms. The van der Waals surface area contributed by atoms with Crippen LogP contribution in [-0.4, -0.2) is 56.3 Å². The van der Waals surface area contributed by atoms with Crippen molar-refractivity contribution in [1.29, 1.82) is 0 Å². The van der Waals surface area contributed by atoms with Gasteiger partial charge in [0.05, 0.1) is 29.6 Å². The van der Waals surface area contributed by atoms with Crippen LogP contribution >= 0.6 is 0 Å². The number of ether oxygens (including phenoxy) is 3. The summed E-state index contributed by atoms with van der Waals surface area (Å²) < 4.78 is 43.3. The minimum Gasteiger partial charge on any atom is -0.493 e. The molecular formula is C21H24N2O8S. The van der Waals surface area contributed by atoms with E-state index in [0.717, 1.165) is 6.07 Å². The smallest absolute Gasteiger partial charge is 0.312 e. The lowest BCUT2D eigenvalue weighted by Crippen LogP contribution is -2.40. The van der Waals surface area contributed by atoms with Crippen LogP contribution in [0.15, 0.2) is 41.3 Å². The van der Waals surface area contributed by atoms with Gasteiger partial charge >= 0.3 is 5.69 Å². The highest BCUT2D eigenvalue weighted by atomic mass is 32.2. The highest BCUT2D eigenvalue weighted by molar-refractivity contribution is 7.89. The van der Waals surface area contributed by atoms with Gasteiger partial charge in [-0.05, 0) is 44.2 Å². The van der Waals surface area contributed by atoms with Gasteiger partial charge in [-0.15, -0.1) is 0 Å². The van der Waals surface area contributed by atoms with Gasteiger partial charge in [-0.25, -0.2) is 8.42 Å². The first-order chi connectivity index (χ1) is 15.2. The summed E-state index contributed by atoms with van der Waals surface area (Å²) in [6, 6.07) is 8.42. The average molecular weight is 464 g/mol. The molecule has 0 amide bonds. The number of morpholine rings is 1. The van der Waals surface area contributed by atoms with Crippen LogP contribution in [0.3, 0.4) is 0 Å². The third-order valence-electron chi connectivity index (χ3n) is 4.88. The molecule has 1 heterocycles. The topological polar surface area (TPSA) is 125 Å². The van der Waals surface area contributed by atoms with Crippen molar-refractivity contribution in [2.45, 2.75) is 25.3 Å². The maximum absolute atomic E-state index is 12.8. The molecule has 172 valence electrons. The molecule has 3 rings (SSSR count). The van der Waals surface area contributed by atoms with Crippen LogP contribution in [-0.2, 0) is 21.4 Å². The molecule has 0 aliphatic carbocycles. The number of Topliss-reactive ketones (excluding diaryl/α,β-unsaturated/α-hetero) is 1. The fourth-order valence-corrected chi connectivity index (χ4v) is 4.65. The lowest BCUT2D eigenvalue weighted by atomic mass is 10.1. The standard InChI is InChI=1S/C21H24N2O8S/c1-3-30-20-6-4-16(15(2)24)12-17(20)14-31-21-7-5-18(13-19(21)23(25)26)32(27,28)22-8-10-29-11-9-22/h4-7,12-13H,3,8-11,14H2,1-2H3. The summed E-state index contributed by atoms with van der Waals surface area (Å²) >= 11 is 0. The van der Waals surface area contributed by atoms with E-state index in [4.69, 9.17) is 14.2 Å². The molecule has 0 unspecified atom stereocenters. The Hall–Kier alpha value is -3.02. The lowest BCUT2D eigenvalue weighted by molar-refractivity contribution is -0.386. The van der Waals surface area contributed by atoms with Gasteiger partial charge in [-0.3, -0.25) is 14.9 Å². The van der Waals surface area contributed by atoms with Crippen molar-refractivity contribution < 1.29 is 32.3 Å². The van der Waals surface area contributed by atoms with E-state index in [-0.39, 0.29) is 49.3 Å². The van der Waals surface area contributed by atoms with Gasteiger partial charge < -0.3 is 14.2 Å². The van der Waals surface area contributed by atoms with Crippen LogP contribution < -0.4 is 9.47 Å². The molecule has 0 atom stereocenters. The van der Waals surface area contributed by atoms with E-state index in [2.05, 4.69) is 0 Å². The summed E-state index contributed by atoms with van der Waals surface area (Å²) in [5, 5.41) is 11.6. The Balaban J connectivity index is 1.88. The molecule has 11 heteroatoms. The normalized spacial score (nSPS) is 14.7. The van der Waals surface area contributed by atoms with Crippen molar-refractivity contribution in [2.75, 3.05) is 32.9 Å². The highest BCUT2D eigenvalue weighted by Gasteiger charge is 2.29. The van der Waals surface area contributed by atoms with Crippen molar-refractivity contribution in [3.05, 3.63) is 57.6 Å². The minimum atomic E-state index is -3.90. The second-order valence-electron chi connectivity index (χ2n) is 7.00. The van der Waals surface area contributed by atoms with Crippen molar-refractivity contribution in [2.24, 2.45) is 0 Å². The first-order valence-electron chi connectivity index (χ1n) is 10.00. The van der Waals surface area contributed by atoms with Gasteiger partial charge in [0.1, 0.15) is 12.4 Å². The molecule has 0 N–H and O–H groups in total. The monoisotopic (exact) mass is 464 g/mol. The zero-order valence-corrected chi connectivity index (χ0v) is 18.6. The van der Waals surface area contributed by atoms with Crippen LogP contribution in [0.4, 0.5) is 5.69 Å². The summed E-state index contributed by atoms with van der Waals surface area (Å²) in [5.41, 5.74) is 0.521. The molecule has 1 aliphatic heterocycles. The number of carbonyl (C=O) groups excluding carboxylic acids is 1. The second kappa shape index (κ2) is 10.1. The van der Waals surface area contributed by atoms with Gasteiger partial charge in [0.2, 0.25) is 10.0 Å². The van der Waals surface area contributed by atoms with Crippen LogP contribution in [0.2, 0.25) is 0 Å². The number of carbonyl (C=O) groups is 1. The second-order valence-corrected chi connectivity index (χ2v) is 8.94. The molecule has 0 saturated carbocycles. The third kappa shape index (κ3) is 5.23. The molecule has 0 radical (unpaired) electrons. The van der Waals surface area contributed by atoms with Gasteiger partial charge in [0, 0.05) is 30.3 Å². The SMILES string of the molecule is CCOc1ccc(C(C)=O)cc1COc1ccc(S(=O)(=O)N2CCOCC2)cc1[N+](=O)[O-]. The number of nitro groups is 1. The number of rotatable bonds is 9. The van der Waals surface area contributed by atoms with Gasteiger partial charge in [-0.1, -0.05) is 0 Å². The largest absolute Gasteiger partial charge is 0.493 e. The molecule has 1 saturated heterocycles. The zero-order chi connectivity index (χ0) is 23.3. The maximum Gasteiger partial charge on any atom is 0.312 e. The summed E-state index contributed by atoms with van der Waals surface area (Å²) in [6.07, 6.45) is 0. The number of hydrogen-bond donors (Lipinski definition) is 0. The first-order valence-corrected chi connectivity index (χ1v) is 11.4. The molecule has 1 aliphatic rings. The molecule has 1 fully saturated rings. The Morgan fingerprint density at radius 2 is 1.81 bits per heavy atom. The Morgan fingerprint density at radius 1 is 1.12 bits per heavy atom. The Bertz CT molecular complexity index is 1110. The molecule has 10 nitrogen and oxygen atoms in total. The van der Waals surface area contributed by atoms with E-state index in [1.165, 1.54) is 23.4 Å². The van der Waals surface area contributed by atoms with Crippen LogP contribution in [0, 0.1) is 10.1 Å². The van der Waals surface area contributed by atoms with Gasteiger partial charge in [-0.2, -0.15) is 4.31 Å².